The highest BCUT2D eigenvalue weighted by Gasteiger charge is 2.57. The number of hydrogen-bond acceptors (Lipinski definition) is 4. The summed E-state index contributed by atoms with van der Waals surface area (Å²) in [6.07, 6.45) is 3.33. The fourth-order valence-corrected chi connectivity index (χ4v) is 3.72. The van der Waals surface area contributed by atoms with Gasteiger partial charge in [-0.05, 0) is 31.1 Å². The van der Waals surface area contributed by atoms with E-state index in [2.05, 4.69) is 0 Å². The highest BCUT2D eigenvalue weighted by Crippen LogP contribution is 2.53. The summed E-state index contributed by atoms with van der Waals surface area (Å²) < 4.78 is 10.6. The van der Waals surface area contributed by atoms with Crippen LogP contribution in [-0.2, 0) is 14.3 Å². The van der Waals surface area contributed by atoms with Crippen LogP contribution in [0.4, 0.5) is 0 Å². The zero-order chi connectivity index (χ0) is 10.6. The highest BCUT2D eigenvalue weighted by atomic mass is 16.5. The smallest absolute Gasteiger partial charge is 0.308 e. The maximum atomic E-state index is 11.5. The van der Waals surface area contributed by atoms with Crippen LogP contribution in [0.5, 0.6) is 0 Å². The lowest BCUT2D eigenvalue weighted by molar-refractivity contribution is -0.145. The van der Waals surface area contributed by atoms with Crippen LogP contribution in [0.1, 0.15) is 19.3 Å². The van der Waals surface area contributed by atoms with Gasteiger partial charge in [-0.2, -0.15) is 0 Å². The van der Waals surface area contributed by atoms with Crippen LogP contribution in [0.15, 0.2) is 0 Å². The normalized spacial score (nSPS) is 51.9. The lowest BCUT2D eigenvalue weighted by Gasteiger charge is -2.24. The van der Waals surface area contributed by atoms with Crippen LogP contribution in [0, 0.1) is 17.8 Å². The van der Waals surface area contributed by atoms with Crippen molar-refractivity contribution in [1.82, 2.24) is 0 Å². The van der Waals surface area contributed by atoms with Gasteiger partial charge in [0.05, 0.1) is 25.2 Å². The molecule has 0 aromatic heterocycles. The maximum Gasteiger partial charge on any atom is 0.308 e. The summed E-state index contributed by atoms with van der Waals surface area (Å²) in [5.74, 6) is 1.09. The predicted molar refractivity (Wildman–Crippen MR) is 53.0 cm³/mol. The summed E-state index contributed by atoms with van der Waals surface area (Å²) in [7, 11) is 1.47. The Morgan fingerprint density at radius 2 is 2.07 bits per heavy atom. The number of fused-ring (bicyclic) bond motifs is 5. The Bertz CT molecular complexity index is 294. The SMILES string of the molecule is COC(=O)C1CC2C3CC(N)C(O3)C2C1. The van der Waals surface area contributed by atoms with Gasteiger partial charge in [0, 0.05) is 6.04 Å². The van der Waals surface area contributed by atoms with Gasteiger partial charge >= 0.3 is 5.97 Å². The van der Waals surface area contributed by atoms with Gasteiger partial charge in [-0.15, -0.1) is 0 Å². The van der Waals surface area contributed by atoms with E-state index < -0.39 is 0 Å². The molecule has 2 N–H and O–H groups in total. The second-order valence-corrected chi connectivity index (χ2v) is 5.06. The molecule has 1 aliphatic carbocycles. The second-order valence-electron chi connectivity index (χ2n) is 5.06. The third-order valence-corrected chi connectivity index (χ3v) is 4.36. The summed E-state index contributed by atoms with van der Waals surface area (Å²) in [5, 5.41) is 0. The Morgan fingerprint density at radius 1 is 1.33 bits per heavy atom. The molecule has 6 atom stereocenters. The topological polar surface area (TPSA) is 61.5 Å². The first kappa shape index (κ1) is 9.60. The van der Waals surface area contributed by atoms with E-state index in [9.17, 15) is 4.79 Å². The monoisotopic (exact) mass is 211 g/mol. The van der Waals surface area contributed by atoms with E-state index in [1.807, 2.05) is 0 Å². The van der Waals surface area contributed by atoms with Crippen molar-refractivity contribution >= 4 is 5.97 Å². The van der Waals surface area contributed by atoms with Gasteiger partial charge in [0.1, 0.15) is 0 Å². The van der Waals surface area contributed by atoms with Gasteiger partial charge in [-0.1, -0.05) is 0 Å². The Balaban J connectivity index is 1.74. The van der Waals surface area contributed by atoms with Crippen LogP contribution >= 0.6 is 0 Å². The lowest BCUT2D eigenvalue weighted by atomic mass is 9.79. The minimum atomic E-state index is -0.0580. The Labute approximate surface area is 89.1 Å². The van der Waals surface area contributed by atoms with Crippen molar-refractivity contribution in [1.29, 1.82) is 0 Å². The summed E-state index contributed by atoms with van der Waals surface area (Å²) >= 11 is 0. The van der Waals surface area contributed by atoms with Crippen LogP contribution in [-0.4, -0.2) is 31.3 Å². The average molecular weight is 211 g/mol. The zero-order valence-corrected chi connectivity index (χ0v) is 8.89. The quantitative estimate of drug-likeness (QED) is 0.634. The molecule has 2 saturated heterocycles. The number of rotatable bonds is 1. The standard InChI is InChI=1S/C11H17NO3/c1-14-11(13)5-2-6-7(3-5)10-8(12)4-9(6)15-10/h5-10H,2-4,12H2,1H3. The summed E-state index contributed by atoms with van der Waals surface area (Å²) in [5.41, 5.74) is 5.99. The highest BCUT2D eigenvalue weighted by molar-refractivity contribution is 5.72. The number of methoxy groups -OCH3 is 1. The maximum absolute atomic E-state index is 11.5. The van der Waals surface area contributed by atoms with Gasteiger partial charge < -0.3 is 15.2 Å². The van der Waals surface area contributed by atoms with E-state index in [-0.39, 0.29) is 24.0 Å². The van der Waals surface area contributed by atoms with E-state index in [0.29, 0.717) is 17.9 Å². The molecule has 0 aromatic carbocycles. The molecule has 0 aromatic rings. The van der Waals surface area contributed by atoms with Crippen molar-refractivity contribution < 1.29 is 14.3 Å². The van der Waals surface area contributed by atoms with Crippen molar-refractivity contribution in [3.05, 3.63) is 0 Å². The average Bonchev–Trinajstić information content (AvgIpc) is 2.84. The molecule has 84 valence electrons. The van der Waals surface area contributed by atoms with Gasteiger partial charge in [0.25, 0.3) is 0 Å². The largest absolute Gasteiger partial charge is 0.469 e. The first-order valence-electron chi connectivity index (χ1n) is 5.69. The molecule has 2 heterocycles. The number of ether oxygens (including phenoxy) is 2. The Morgan fingerprint density at radius 3 is 2.80 bits per heavy atom. The van der Waals surface area contributed by atoms with E-state index in [1.54, 1.807) is 0 Å². The third-order valence-electron chi connectivity index (χ3n) is 4.36. The molecule has 0 spiro atoms. The van der Waals surface area contributed by atoms with E-state index in [1.165, 1.54) is 7.11 Å². The van der Waals surface area contributed by atoms with Gasteiger partial charge in [-0.3, -0.25) is 4.79 Å². The molecule has 3 aliphatic rings. The van der Waals surface area contributed by atoms with E-state index in [0.717, 1.165) is 19.3 Å². The molecule has 3 fully saturated rings. The lowest BCUT2D eigenvalue weighted by Crippen LogP contribution is -2.39. The molecule has 4 nitrogen and oxygen atoms in total. The first-order chi connectivity index (χ1) is 7.20. The van der Waals surface area contributed by atoms with Crippen molar-refractivity contribution in [2.75, 3.05) is 7.11 Å². The van der Waals surface area contributed by atoms with Crippen LogP contribution in [0.2, 0.25) is 0 Å². The summed E-state index contributed by atoms with van der Waals surface area (Å²) in [4.78, 5) is 11.5. The number of carbonyl (C=O) groups excluding carboxylic acids is 1. The molecule has 4 heteroatoms. The van der Waals surface area contributed by atoms with Crippen molar-refractivity contribution in [3.8, 4) is 0 Å². The predicted octanol–water partition coefficient (Wildman–Crippen LogP) is 0.300. The molecular weight excluding hydrogens is 194 g/mol. The minimum Gasteiger partial charge on any atom is -0.469 e. The molecular formula is C11H17NO3. The molecule has 1 saturated carbocycles. The van der Waals surface area contributed by atoms with Gasteiger partial charge in [0.15, 0.2) is 0 Å². The van der Waals surface area contributed by atoms with Crippen molar-refractivity contribution in [2.24, 2.45) is 23.5 Å². The molecule has 0 amide bonds. The van der Waals surface area contributed by atoms with E-state index >= 15 is 0 Å². The van der Waals surface area contributed by atoms with Gasteiger partial charge in [-0.25, -0.2) is 0 Å². The Hall–Kier alpha value is -0.610. The van der Waals surface area contributed by atoms with Crippen molar-refractivity contribution in [3.63, 3.8) is 0 Å². The van der Waals surface area contributed by atoms with E-state index in [4.69, 9.17) is 15.2 Å². The second kappa shape index (κ2) is 3.19. The van der Waals surface area contributed by atoms with Crippen LogP contribution < -0.4 is 5.73 Å². The molecule has 2 bridgehead atoms. The van der Waals surface area contributed by atoms with Crippen LogP contribution in [0.3, 0.4) is 0 Å². The number of nitrogens with two attached hydrogens (primary N) is 1. The fraction of sp³-hybridized carbons (Fsp3) is 0.909. The number of hydrogen-bond donors (Lipinski definition) is 1. The number of carbonyl (C=O) groups is 1. The van der Waals surface area contributed by atoms with Crippen molar-refractivity contribution in [2.45, 2.75) is 37.5 Å². The number of esters is 1. The molecule has 0 radical (unpaired) electrons. The van der Waals surface area contributed by atoms with Crippen LogP contribution in [0.25, 0.3) is 0 Å². The molecule has 15 heavy (non-hydrogen) atoms. The fourth-order valence-electron chi connectivity index (χ4n) is 3.72. The molecule has 2 aliphatic heterocycles. The third kappa shape index (κ3) is 1.24. The minimum absolute atomic E-state index is 0.0580. The zero-order valence-electron chi connectivity index (χ0n) is 8.89. The van der Waals surface area contributed by atoms with Gasteiger partial charge in [0.2, 0.25) is 0 Å². The first-order valence-corrected chi connectivity index (χ1v) is 5.69. The molecule has 3 rings (SSSR count). The summed E-state index contributed by atoms with van der Waals surface area (Å²) in [6.45, 7) is 0. The molecule has 6 unspecified atom stereocenters. The Kier molecular flexibility index (Phi) is 2.04. The summed E-state index contributed by atoms with van der Waals surface area (Å²) in [6, 6.07) is 0.188.